The number of carbonyl (C=O) groups is 1. The smallest absolute Gasteiger partial charge is 0.275 e. The van der Waals surface area contributed by atoms with Crippen molar-refractivity contribution in [2.75, 3.05) is 19.5 Å². The molecule has 0 atom stereocenters. The molecule has 122 valence electrons. The number of benzene rings is 1. The fourth-order valence-corrected chi connectivity index (χ4v) is 2.90. The maximum Gasteiger partial charge on any atom is 0.275 e. The Hall–Kier alpha value is -2.93. The van der Waals surface area contributed by atoms with E-state index < -0.39 is 0 Å². The largest absolute Gasteiger partial charge is 0.493 e. The molecule has 1 amide bonds. The summed E-state index contributed by atoms with van der Waals surface area (Å²) in [6.45, 7) is 0. The first-order valence-electron chi connectivity index (χ1n) is 7.10. The zero-order valence-electron chi connectivity index (χ0n) is 13.1. The summed E-state index contributed by atoms with van der Waals surface area (Å²) in [5, 5.41) is 5.27. The minimum absolute atomic E-state index is 0.284. The van der Waals surface area contributed by atoms with Gasteiger partial charge in [-0.25, -0.2) is 4.98 Å². The molecule has 1 aromatic carbocycles. The van der Waals surface area contributed by atoms with Crippen LogP contribution in [0.4, 0.5) is 5.69 Å². The van der Waals surface area contributed by atoms with Crippen LogP contribution < -0.4 is 14.8 Å². The van der Waals surface area contributed by atoms with Gasteiger partial charge in [0.2, 0.25) is 0 Å². The highest BCUT2D eigenvalue weighted by Gasteiger charge is 2.13. The van der Waals surface area contributed by atoms with Crippen LogP contribution in [0.1, 0.15) is 10.5 Å². The van der Waals surface area contributed by atoms with E-state index in [1.54, 1.807) is 50.2 Å². The number of hydrogen-bond acceptors (Lipinski definition) is 6. The van der Waals surface area contributed by atoms with E-state index in [1.807, 2.05) is 12.1 Å². The summed E-state index contributed by atoms with van der Waals surface area (Å²) in [4.78, 5) is 20.8. The van der Waals surface area contributed by atoms with Crippen LogP contribution in [0.5, 0.6) is 11.5 Å². The van der Waals surface area contributed by atoms with E-state index in [9.17, 15) is 4.79 Å². The van der Waals surface area contributed by atoms with Gasteiger partial charge in [-0.3, -0.25) is 9.78 Å². The highest BCUT2D eigenvalue weighted by atomic mass is 32.1. The number of ether oxygens (including phenoxy) is 2. The molecule has 2 aromatic heterocycles. The van der Waals surface area contributed by atoms with Gasteiger partial charge >= 0.3 is 0 Å². The standard InChI is InChI=1S/C17H15N3O3S/c1-22-14-6-5-12(8-15(14)23-2)19-16(21)13-10-24-17(20-13)11-4-3-7-18-9-11/h3-10H,1-2H3,(H,19,21). The molecule has 24 heavy (non-hydrogen) atoms. The van der Waals surface area contributed by atoms with Crippen molar-refractivity contribution < 1.29 is 14.3 Å². The number of rotatable bonds is 5. The molecule has 0 radical (unpaired) electrons. The van der Waals surface area contributed by atoms with E-state index >= 15 is 0 Å². The van der Waals surface area contributed by atoms with Crippen molar-refractivity contribution in [3.05, 3.63) is 53.8 Å². The van der Waals surface area contributed by atoms with Crippen LogP contribution in [0.15, 0.2) is 48.1 Å². The van der Waals surface area contributed by atoms with Crippen molar-refractivity contribution in [2.24, 2.45) is 0 Å². The SMILES string of the molecule is COc1ccc(NC(=O)c2csc(-c3cccnc3)n2)cc1OC. The third-order valence-corrected chi connectivity index (χ3v) is 4.18. The van der Waals surface area contributed by atoms with Crippen LogP contribution in [0.2, 0.25) is 0 Å². The van der Waals surface area contributed by atoms with Crippen LogP contribution in [0.25, 0.3) is 10.6 Å². The highest BCUT2D eigenvalue weighted by molar-refractivity contribution is 7.13. The predicted molar refractivity (Wildman–Crippen MR) is 92.8 cm³/mol. The minimum Gasteiger partial charge on any atom is -0.493 e. The van der Waals surface area contributed by atoms with E-state index in [0.29, 0.717) is 22.9 Å². The van der Waals surface area contributed by atoms with Gasteiger partial charge in [-0.1, -0.05) is 0 Å². The number of amides is 1. The van der Waals surface area contributed by atoms with Crippen LogP contribution in [0, 0.1) is 0 Å². The number of nitrogens with zero attached hydrogens (tertiary/aromatic N) is 2. The van der Waals surface area contributed by atoms with Gasteiger partial charge in [0.15, 0.2) is 11.5 Å². The normalized spacial score (nSPS) is 10.2. The minimum atomic E-state index is -0.284. The molecular weight excluding hydrogens is 326 g/mol. The molecule has 0 saturated heterocycles. The third kappa shape index (κ3) is 3.36. The monoisotopic (exact) mass is 341 g/mol. The summed E-state index contributed by atoms with van der Waals surface area (Å²) < 4.78 is 10.4. The second kappa shape index (κ2) is 7.10. The zero-order chi connectivity index (χ0) is 16.9. The van der Waals surface area contributed by atoms with E-state index in [1.165, 1.54) is 11.3 Å². The lowest BCUT2D eigenvalue weighted by molar-refractivity contribution is 0.102. The van der Waals surface area contributed by atoms with Crippen LogP contribution >= 0.6 is 11.3 Å². The maximum absolute atomic E-state index is 12.4. The second-order valence-electron chi connectivity index (χ2n) is 4.80. The van der Waals surface area contributed by atoms with Gasteiger partial charge in [-0.2, -0.15) is 0 Å². The average Bonchev–Trinajstić information content (AvgIpc) is 3.12. The summed E-state index contributed by atoms with van der Waals surface area (Å²) >= 11 is 1.40. The maximum atomic E-state index is 12.4. The van der Waals surface area contributed by atoms with E-state index in [-0.39, 0.29) is 5.91 Å². The number of methoxy groups -OCH3 is 2. The highest BCUT2D eigenvalue weighted by Crippen LogP contribution is 2.30. The quantitative estimate of drug-likeness (QED) is 0.769. The molecule has 7 heteroatoms. The fraction of sp³-hybridized carbons (Fsp3) is 0.118. The number of pyridine rings is 1. The molecule has 0 aliphatic carbocycles. The number of nitrogens with one attached hydrogen (secondary N) is 1. The summed E-state index contributed by atoms with van der Waals surface area (Å²) in [7, 11) is 3.11. The molecule has 1 N–H and O–H groups in total. The number of carbonyl (C=O) groups excluding carboxylic acids is 1. The van der Waals surface area contributed by atoms with Crippen LogP contribution in [-0.4, -0.2) is 30.1 Å². The molecule has 0 bridgehead atoms. The first-order chi connectivity index (χ1) is 11.7. The molecule has 3 rings (SSSR count). The van der Waals surface area contributed by atoms with Gasteiger partial charge in [-0.05, 0) is 24.3 Å². The second-order valence-corrected chi connectivity index (χ2v) is 5.66. The number of thiazole rings is 1. The molecule has 2 heterocycles. The lowest BCUT2D eigenvalue weighted by Crippen LogP contribution is -2.12. The Kier molecular flexibility index (Phi) is 4.72. The van der Waals surface area contributed by atoms with Gasteiger partial charge in [0.1, 0.15) is 10.7 Å². The predicted octanol–water partition coefficient (Wildman–Crippen LogP) is 3.47. The first kappa shape index (κ1) is 15.9. The van der Waals surface area contributed by atoms with Crippen LogP contribution in [0.3, 0.4) is 0 Å². The lowest BCUT2D eigenvalue weighted by atomic mass is 10.2. The molecule has 0 aliphatic rings. The summed E-state index contributed by atoms with van der Waals surface area (Å²) in [6, 6.07) is 8.91. The number of anilines is 1. The Labute approximate surface area is 143 Å². The number of aromatic nitrogens is 2. The molecule has 0 spiro atoms. The topological polar surface area (TPSA) is 73.3 Å². The van der Waals surface area contributed by atoms with Gasteiger partial charge in [0.25, 0.3) is 5.91 Å². The van der Waals surface area contributed by atoms with Gasteiger partial charge in [0, 0.05) is 35.1 Å². The Bertz CT molecular complexity index is 849. The van der Waals surface area contributed by atoms with Crippen molar-refractivity contribution in [1.29, 1.82) is 0 Å². The first-order valence-corrected chi connectivity index (χ1v) is 7.98. The molecule has 0 fully saturated rings. The Morgan fingerprint density at radius 2 is 2.00 bits per heavy atom. The lowest BCUT2D eigenvalue weighted by Gasteiger charge is -2.09. The Morgan fingerprint density at radius 3 is 2.71 bits per heavy atom. The molecule has 3 aromatic rings. The van der Waals surface area contributed by atoms with Crippen molar-refractivity contribution in [2.45, 2.75) is 0 Å². The van der Waals surface area contributed by atoms with Crippen molar-refractivity contribution in [1.82, 2.24) is 9.97 Å². The molecule has 0 aliphatic heterocycles. The van der Waals surface area contributed by atoms with Gasteiger partial charge in [0.05, 0.1) is 14.2 Å². The summed E-state index contributed by atoms with van der Waals surface area (Å²) in [5.74, 6) is 0.862. The van der Waals surface area contributed by atoms with E-state index in [0.717, 1.165) is 10.6 Å². The summed E-state index contributed by atoms with van der Waals surface area (Å²) in [6.07, 6.45) is 3.41. The van der Waals surface area contributed by atoms with E-state index in [4.69, 9.17) is 9.47 Å². The molecule has 6 nitrogen and oxygen atoms in total. The van der Waals surface area contributed by atoms with E-state index in [2.05, 4.69) is 15.3 Å². The number of hydrogen-bond donors (Lipinski definition) is 1. The summed E-state index contributed by atoms with van der Waals surface area (Å²) in [5.41, 5.74) is 1.84. The zero-order valence-corrected chi connectivity index (χ0v) is 14.0. The van der Waals surface area contributed by atoms with Crippen molar-refractivity contribution in [3.63, 3.8) is 0 Å². The fourth-order valence-electron chi connectivity index (χ4n) is 2.11. The Morgan fingerprint density at radius 1 is 1.17 bits per heavy atom. The molecular formula is C17H15N3O3S. The van der Waals surface area contributed by atoms with Crippen LogP contribution in [-0.2, 0) is 0 Å². The third-order valence-electron chi connectivity index (χ3n) is 3.29. The van der Waals surface area contributed by atoms with Crippen molar-refractivity contribution >= 4 is 22.9 Å². The molecule has 0 unspecified atom stereocenters. The molecule has 0 saturated carbocycles. The van der Waals surface area contributed by atoms with Gasteiger partial charge in [-0.15, -0.1) is 11.3 Å². The van der Waals surface area contributed by atoms with Crippen molar-refractivity contribution in [3.8, 4) is 22.1 Å². The average molecular weight is 341 g/mol. The van der Waals surface area contributed by atoms with Gasteiger partial charge < -0.3 is 14.8 Å². The Balaban J connectivity index is 1.77.